The zero-order valence-electron chi connectivity index (χ0n) is 17.5. The van der Waals surface area contributed by atoms with Crippen molar-refractivity contribution < 1.29 is 4.84 Å². The fraction of sp³-hybridized carbons (Fsp3) is 0.739. The van der Waals surface area contributed by atoms with Gasteiger partial charge in [-0.05, 0) is 86.0 Å². The molecule has 0 aromatic heterocycles. The van der Waals surface area contributed by atoms with E-state index in [-0.39, 0.29) is 5.96 Å². The van der Waals surface area contributed by atoms with E-state index < -0.39 is 0 Å². The van der Waals surface area contributed by atoms with Crippen molar-refractivity contribution in [1.82, 2.24) is 0 Å². The van der Waals surface area contributed by atoms with Crippen molar-refractivity contribution in [3.63, 3.8) is 0 Å². The lowest BCUT2D eigenvalue weighted by Gasteiger charge is -2.57. The molecule has 4 aliphatic rings. The van der Waals surface area contributed by atoms with Gasteiger partial charge in [-0.25, -0.2) is 4.99 Å². The van der Waals surface area contributed by atoms with Gasteiger partial charge in [-0.15, -0.1) is 0 Å². The maximum atomic E-state index is 5.44. The number of hydrogen-bond donors (Lipinski definition) is 2. The van der Waals surface area contributed by atoms with E-state index in [0.717, 1.165) is 29.9 Å². The van der Waals surface area contributed by atoms with Gasteiger partial charge >= 0.3 is 0 Å². The van der Waals surface area contributed by atoms with E-state index in [0.29, 0.717) is 24.0 Å². The highest BCUT2D eigenvalue weighted by molar-refractivity contribution is 5.96. The lowest BCUT2D eigenvalue weighted by Crippen LogP contribution is -2.49. The predicted octanol–water partition coefficient (Wildman–Crippen LogP) is 4.15. The summed E-state index contributed by atoms with van der Waals surface area (Å²) in [6, 6.07) is 0. The van der Waals surface area contributed by atoms with Crippen LogP contribution in [0.15, 0.2) is 33.9 Å². The highest BCUT2D eigenvalue weighted by atomic mass is 16.6. The summed E-state index contributed by atoms with van der Waals surface area (Å²) in [5.74, 6) is 2.64. The molecule has 0 aliphatic heterocycles. The van der Waals surface area contributed by atoms with Gasteiger partial charge in [0, 0.05) is 0 Å². The summed E-state index contributed by atoms with van der Waals surface area (Å²) in [5, 5.41) is 4.36. The highest BCUT2D eigenvalue weighted by Crippen LogP contribution is 2.66. The molecule has 5 heteroatoms. The summed E-state index contributed by atoms with van der Waals surface area (Å²) in [6.07, 6.45) is 12.4. The fourth-order valence-corrected chi connectivity index (χ4v) is 6.89. The Labute approximate surface area is 169 Å². The number of guanidine groups is 1. The Balaban J connectivity index is 1.47. The fourth-order valence-electron chi connectivity index (χ4n) is 6.89. The van der Waals surface area contributed by atoms with Crippen LogP contribution < -0.4 is 11.5 Å². The van der Waals surface area contributed by atoms with E-state index in [1.54, 1.807) is 5.57 Å². The van der Waals surface area contributed by atoms with E-state index in [1.807, 2.05) is 0 Å². The summed E-state index contributed by atoms with van der Waals surface area (Å²) < 4.78 is 0. The monoisotopic (exact) mass is 384 g/mol. The van der Waals surface area contributed by atoms with Crippen molar-refractivity contribution in [1.29, 1.82) is 0 Å². The maximum absolute atomic E-state index is 5.44. The van der Waals surface area contributed by atoms with Crippen LogP contribution in [0.1, 0.15) is 65.2 Å². The molecular weight excluding hydrogens is 348 g/mol. The summed E-state index contributed by atoms with van der Waals surface area (Å²) in [5.41, 5.74) is 15.6. The second-order valence-corrected chi connectivity index (χ2v) is 9.82. The Hall–Kier alpha value is -1.78. The Kier molecular flexibility index (Phi) is 5.05. The second-order valence-electron chi connectivity index (χ2n) is 9.82. The first-order valence-corrected chi connectivity index (χ1v) is 11.0. The Morgan fingerprint density at radius 1 is 1.11 bits per heavy atom. The van der Waals surface area contributed by atoms with E-state index in [2.05, 4.69) is 36.7 Å². The molecule has 4 N–H and O–H groups in total. The number of hydrogen-bond acceptors (Lipinski definition) is 3. The van der Waals surface area contributed by atoms with Gasteiger partial charge in [-0.3, -0.25) is 0 Å². The van der Waals surface area contributed by atoms with Gasteiger partial charge in [0.05, 0.1) is 12.3 Å². The van der Waals surface area contributed by atoms with Gasteiger partial charge in [0.15, 0.2) is 5.96 Å². The zero-order chi connectivity index (χ0) is 19.9. The Morgan fingerprint density at radius 2 is 1.89 bits per heavy atom. The lowest BCUT2D eigenvalue weighted by molar-refractivity contribution is -0.0226. The number of aliphatic imine (C=N–C) groups is 1. The molecule has 5 atom stereocenters. The third kappa shape index (κ3) is 3.17. The lowest BCUT2D eigenvalue weighted by atomic mass is 9.47. The van der Waals surface area contributed by atoms with Gasteiger partial charge in [0.25, 0.3) is 0 Å². The molecule has 154 valence electrons. The van der Waals surface area contributed by atoms with Crippen LogP contribution in [-0.4, -0.2) is 24.8 Å². The van der Waals surface area contributed by atoms with Crippen molar-refractivity contribution in [2.45, 2.75) is 65.2 Å². The smallest absolute Gasteiger partial charge is 0.186 e. The Bertz CT molecular complexity index is 735. The molecular formula is C23H36N4O. The van der Waals surface area contributed by atoms with Gasteiger partial charge in [-0.2, -0.15) is 0 Å². The summed E-state index contributed by atoms with van der Waals surface area (Å²) >= 11 is 0. The molecule has 0 saturated heterocycles. The maximum Gasteiger partial charge on any atom is 0.186 e. The summed E-state index contributed by atoms with van der Waals surface area (Å²) in [4.78, 5) is 9.36. The third-order valence-electron chi connectivity index (χ3n) is 8.59. The number of rotatable bonds is 4. The van der Waals surface area contributed by atoms with Crippen LogP contribution in [0, 0.1) is 28.6 Å². The SMILES string of the molecule is C=C1CCC2C3CCC4=C/C(=N/OCCN=C(N)N)CC[C@]4(C)C3CC[C@]12C. The molecule has 0 aromatic rings. The molecule has 0 amide bonds. The average Bonchev–Trinajstić information content (AvgIpc) is 2.96. The first-order chi connectivity index (χ1) is 13.3. The molecule has 0 radical (unpaired) electrons. The van der Waals surface area contributed by atoms with E-state index in [9.17, 15) is 0 Å². The minimum absolute atomic E-state index is 0.0954. The number of nitrogens with two attached hydrogens (primary N) is 2. The van der Waals surface area contributed by atoms with Crippen LogP contribution >= 0.6 is 0 Å². The van der Waals surface area contributed by atoms with Crippen LogP contribution in [0.25, 0.3) is 0 Å². The second kappa shape index (κ2) is 7.23. The number of allylic oxidation sites excluding steroid dienone is 3. The molecule has 0 heterocycles. The van der Waals surface area contributed by atoms with Crippen LogP contribution in [0.3, 0.4) is 0 Å². The molecule has 4 rings (SSSR count). The largest absolute Gasteiger partial charge is 0.394 e. The van der Waals surface area contributed by atoms with E-state index in [1.165, 1.54) is 50.5 Å². The Morgan fingerprint density at radius 3 is 2.68 bits per heavy atom. The first-order valence-electron chi connectivity index (χ1n) is 11.0. The molecule has 0 aromatic carbocycles. The zero-order valence-corrected chi connectivity index (χ0v) is 17.5. The predicted molar refractivity (Wildman–Crippen MR) is 115 cm³/mol. The molecule has 3 fully saturated rings. The molecule has 3 saturated carbocycles. The first kappa shape index (κ1) is 19.5. The van der Waals surface area contributed by atoms with Crippen molar-refractivity contribution in [3.05, 3.63) is 23.8 Å². The van der Waals surface area contributed by atoms with Crippen molar-refractivity contribution >= 4 is 11.7 Å². The number of nitrogens with zero attached hydrogens (tertiary/aromatic N) is 2. The van der Waals surface area contributed by atoms with Gasteiger partial charge < -0.3 is 16.3 Å². The van der Waals surface area contributed by atoms with E-state index >= 15 is 0 Å². The highest BCUT2D eigenvalue weighted by Gasteiger charge is 2.57. The van der Waals surface area contributed by atoms with Gasteiger partial charge in [-0.1, -0.05) is 36.7 Å². The number of fused-ring (bicyclic) bond motifs is 5. The van der Waals surface area contributed by atoms with Crippen LogP contribution in [0.4, 0.5) is 0 Å². The third-order valence-corrected chi connectivity index (χ3v) is 8.59. The van der Waals surface area contributed by atoms with Crippen LogP contribution in [-0.2, 0) is 4.84 Å². The molecule has 3 unspecified atom stereocenters. The van der Waals surface area contributed by atoms with Gasteiger partial charge in [0.2, 0.25) is 0 Å². The van der Waals surface area contributed by atoms with E-state index in [4.69, 9.17) is 16.3 Å². The summed E-state index contributed by atoms with van der Waals surface area (Å²) in [6.45, 7) is 10.3. The van der Waals surface area contributed by atoms with Crippen LogP contribution in [0.2, 0.25) is 0 Å². The minimum atomic E-state index is 0.0954. The molecule has 4 aliphatic carbocycles. The van der Waals surface area contributed by atoms with Crippen LogP contribution in [0.5, 0.6) is 0 Å². The van der Waals surface area contributed by atoms with Crippen molar-refractivity contribution in [2.24, 2.45) is 50.2 Å². The molecule has 28 heavy (non-hydrogen) atoms. The molecule has 0 spiro atoms. The molecule has 0 bridgehead atoms. The minimum Gasteiger partial charge on any atom is -0.394 e. The standard InChI is InChI=1S/C23H36N4O/c1-15-4-7-19-18-6-5-16-14-17(27-28-13-12-26-21(24)25)8-10-23(16,3)20(18)9-11-22(15,19)2/h14,18-20H,1,4-13H2,2-3H3,(H4,24,25,26)/b27-17+/t18?,19?,20?,22-,23+/m1/s1. The summed E-state index contributed by atoms with van der Waals surface area (Å²) in [7, 11) is 0. The molecule has 5 nitrogen and oxygen atoms in total. The topological polar surface area (TPSA) is 86.0 Å². The number of oxime groups is 1. The van der Waals surface area contributed by atoms with Crippen molar-refractivity contribution in [3.8, 4) is 0 Å². The van der Waals surface area contributed by atoms with Crippen molar-refractivity contribution in [2.75, 3.05) is 13.2 Å². The van der Waals surface area contributed by atoms with Gasteiger partial charge in [0.1, 0.15) is 6.61 Å². The normalized spacial score (nSPS) is 40.9. The average molecular weight is 385 g/mol. The quantitative estimate of drug-likeness (QED) is 0.251.